The Morgan fingerprint density at radius 2 is 1.79 bits per heavy atom. The van der Waals surface area contributed by atoms with Crippen LogP contribution in [-0.4, -0.2) is 65.7 Å². The third-order valence-corrected chi connectivity index (χ3v) is 2.84. The second kappa shape index (κ2) is 7.60. The van der Waals surface area contributed by atoms with Crippen molar-refractivity contribution in [2.75, 3.05) is 20.7 Å². The van der Waals surface area contributed by atoms with E-state index in [-0.39, 0.29) is 12.6 Å². The maximum Gasteiger partial charge on any atom is 0.326 e. The number of carbonyl (C=O) groups excluding carboxylic acids is 2. The number of carboxylic acids is 1. The Morgan fingerprint density at radius 1 is 1.26 bits per heavy atom. The fraction of sp³-hybridized carbons (Fsp3) is 0.750. The lowest BCUT2D eigenvalue weighted by atomic mass is 10.2. The fourth-order valence-corrected chi connectivity index (χ4v) is 1.62. The Labute approximate surface area is 113 Å². The van der Waals surface area contributed by atoms with E-state index in [9.17, 15) is 14.4 Å². The number of rotatable bonds is 6. The van der Waals surface area contributed by atoms with E-state index in [0.717, 1.165) is 4.90 Å². The molecule has 110 valence electrons. The average Bonchev–Trinajstić information content (AvgIpc) is 2.34. The maximum atomic E-state index is 12.2. The molecule has 0 fully saturated rings. The van der Waals surface area contributed by atoms with Gasteiger partial charge in [-0.3, -0.25) is 4.79 Å². The van der Waals surface area contributed by atoms with Crippen molar-refractivity contribution in [1.82, 2.24) is 9.80 Å². The summed E-state index contributed by atoms with van der Waals surface area (Å²) >= 11 is 0. The number of carbonyl (C=O) groups is 3. The van der Waals surface area contributed by atoms with Crippen molar-refractivity contribution in [2.24, 2.45) is 0 Å². The average molecular weight is 274 g/mol. The highest BCUT2D eigenvalue weighted by atomic mass is 16.5. The first kappa shape index (κ1) is 17.2. The molecule has 7 nitrogen and oxygen atoms in total. The predicted molar refractivity (Wildman–Crippen MR) is 68.7 cm³/mol. The standard InChI is InChI=1S/C12H22N2O5/c1-6-9(11(16)17)13(4)12(18)14(8(2)3)7-10(15)19-5/h8-9H,6-7H2,1-5H3,(H,16,17). The number of ether oxygens (including phenoxy) is 1. The molecule has 0 aromatic heterocycles. The first-order valence-corrected chi connectivity index (χ1v) is 6.09. The molecule has 0 saturated carbocycles. The summed E-state index contributed by atoms with van der Waals surface area (Å²) in [4.78, 5) is 36.9. The minimum Gasteiger partial charge on any atom is -0.480 e. The van der Waals surface area contributed by atoms with Gasteiger partial charge in [0.2, 0.25) is 0 Å². The first-order valence-electron chi connectivity index (χ1n) is 6.09. The first-order chi connectivity index (χ1) is 8.76. The van der Waals surface area contributed by atoms with E-state index < -0.39 is 24.0 Å². The molecule has 0 aromatic carbocycles. The number of likely N-dealkylation sites (N-methyl/N-ethyl adjacent to an activating group) is 1. The van der Waals surface area contributed by atoms with Crippen molar-refractivity contribution in [3.05, 3.63) is 0 Å². The van der Waals surface area contributed by atoms with Crippen molar-refractivity contribution >= 4 is 18.0 Å². The maximum absolute atomic E-state index is 12.2. The lowest BCUT2D eigenvalue weighted by Gasteiger charge is -2.32. The van der Waals surface area contributed by atoms with Crippen LogP contribution < -0.4 is 0 Å². The molecule has 0 spiro atoms. The number of hydrogen-bond donors (Lipinski definition) is 1. The molecule has 0 aliphatic carbocycles. The highest BCUT2D eigenvalue weighted by Crippen LogP contribution is 2.09. The van der Waals surface area contributed by atoms with Gasteiger partial charge in [-0.15, -0.1) is 0 Å². The van der Waals surface area contributed by atoms with Crippen molar-refractivity contribution in [1.29, 1.82) is 0 Å². The molecule has 1 N–H and O–H groups in total. The Kier molecular flexibility index (Phi) is 6.89. The van der Waals surface area contributed by atoms with Gasteiger partial charge in [0.1, 0.15) is 12.6 Å². The molecule has 7 heteroatoms. The van der Waals surface area contributed by atoms with Gasteiger partial charge in [0, 0.05) is 13.1 Å². The van der Waals surface area contributed by atoms with Crippen LogP contribution in [0.2, 0.25) is 0 Å². The van der Waals surface area contributed by atoms with Crippen LogP contribution in [0.5, 0.6) is 0 Å². The highest BCUT2D eigenvalue weighted by Gasteiger charge is 2.30. The lowest BCUT2D eigenvalue weighted by Crippen LogP contribution is -2.52. The van der Waals surface area contributed by atoms with Crippen LogP contribution >= 0.6 is 0 Å². The van der Waals surface area contributed by atoms with Crippen LogP contribution in [0, 0.1) is 0 Å². The SMILES string of the molecule is CCC(C(=O)O)N(C)C(=O)N(CC(=O)OC)C(C)C. The van der Waals surface area contributed by atoms with E-state index in [1.807, 2.05) is 0 Å². The molecule has 0 bridgehead atoms. The van der Waals surface area contributed by atoms with Gasteiger partial charge in [-0.1, -0.05) is 6.92 Å². The number of aliphatic carboxylic acids is 1. The minimum absolute atomic E-state index is 0.201. The molecule has 0 heterocycles. The molecule has 1 unspecified atom stereocenters. The number of amides is 2. The quantitative estimate of drug-likeness (QED) is 0.723. The summed E-state index contributed by atoms with van der Waals surface area (Å²) < 4.78 is 4.53. The number of methoxy groups -OCH3 is 1. The van der Waals surface area contributed by atoms with E-state index in [0.29, 0.717) is 6.42 Å². The number of urea groups is 1. The number of carboxylic acid groups (broad SMARTS) is 1. The number of esters is 1. The lowest BCUT2D eigenvalue weighted by molar-refractivity contribution is -0.142. The monoisotopic (exact) mass is 274 g/mol. The van der Waals surface area contributed by atoms with Crippen LogP contribution in [-0.2, 0) is 14.3 Å². The fourth-order valence-electron chi connectivity index (χ4n) is 1.62. The molecule has 0 saturated heterocycles. The van der Waals surface area contributed by atoms with Crippen LogP contribution in [0.25, 0.3) is 0 Å². The summed E-state index contributed by atoms with van der Waals surface area (Å²) in [6, 6.07) is -1.65. The van der Waals surface area contributed by atoms with E-state index in [2.05, 4.69) is 4.74 Å². The van der Waals surface area contributed by atoms with Gasteiger partial charge in [-0.05, 0) is 20.3 Å². The van der Waals surface area contributed by atoms with Crippen LogP contribution in [0.1, 0.15) is 27.2 Å². The molecule has 0 aliphatic rings. The van der Waals surface area contributed by atoms with Crippen molar-refractivity contribution in [2.45, 2.75) is 39.3 Å². The molecule has 1 atom stereocenters. The van der Waals surface area contributed by atoms with Crippen molar-refractivity contribution < 1.29 is 24.2 Å². The Bertz CT molecular complexity index is 343. The molecule has 0 aromatic rings. The summed E-state index contributed by atoms with van der Waals surface area (Å²) in [6.07, 6.45) is 0.293. The van der Waals surface area contributed by atoms with Crippen LogP contribution in [0.15, 0.2) is 0 Å². The zero-order valence-electron chi connectivity index (χ0n) is 12.0. The molecule has 19 heavy (non-hydrogen) atoms. The van der Waals surface area contributed by atoms with E-state index in [1.165, 1.54) is 19.1 Å². The van der Waals surface area contributed by atoms with Gasteiger partial charge >= 0.3 is 18.0 Å². The second-order valence-corrected chi connectivity index (χ2v) is 4.45. The van der Waals surface area contributed by atoms with Gasteiger partial charge in [-0.25, -0.2) is 9.59 Å². The summed E-state index contributed by atoms with van der Waals surface area (Å²) in [5, 5.41) is 9.04. The van der Waals surface area contributed by atoms with Crippen molar-refractivity contribution in [3.63, 3.8) is 0 Å². The van der Waals surface area contributed by atoms with Gasteiger partial charge in [0.25, 0.3) is 0 Å². The van der Waals surface area contributed by atoms with Crippen molar-refractivity contribution in [3.8, 4) is 0 Å². The highest BCUT2D eigenvalue weighted by molar-refractivity contribution is 5.85. The van der Waals surface area contributed by atoms with E-state index in [1.54, 1.807) is 20.8 Å². The topological polar surface area (TPSA) is 87.2 Å². The second-order valence-electron chi connectivity index (χ2n) is 4.45. The summed E-state index contributed by atoms with van der Waals surface area (Å²) in [6.45, 7) is 4.97. The Balaban J connectivity index is 4.98. The van der Waals surface area contributed by atoms with Gasteiger partial charge in [0.05, 0.1) is 7.11 Å². The third-order valence-electron chi connectivity index (χ3n) is 2.84. The molecule has 0 aliphatic heterocycles. The summed E-state index contributed by atoms with van der Waals surface area (Å²) in [5.41, 5.74) is 0. The third kappa shape index (κ3) is 4.76. The molecular formula is C12H22N2O5. The zero-order chi connectivity index (χ0) is 15.2. The summed E-state index contributed by atoms with van der Waals surface area (Å²) in [5.74, 6) is -1.61. The van der Waals surface area contributed by atoms with Gasteiger partial charge in [0.15, 0.2) is 0 Å². The largest absolute Gasteiger partial charge is 0.480 e. The van der Waals surface area contributed by atoms with Gasteiger partial charge < -0.3 is 19.6 Å². The van der Waals surface area contributed by atoms with E-state index >= 15 is 0 Å². The molecule has 2 amide bonds. The number of hydrogen-bond acceptors (Lipinski definition) is 4. The normalized spacial score (nSPS) is 11.9. The smallest absolute Gasteiger partial charge is 0.326 e. The minimum atomic E-state index is -1.07. The number of nitrogens with zero attached hydrogens (tertiary/aromatic N) is 2. The van der Waals surface area contributed by atoms with Crippen LogP contribution in [0.4, 0.5) is 4.79 Å². The molecule has 0 rings (SSSR count). The Hall–Kier alpha value is -1.79. The van der Waals surface area contributed by atoms with Gasteiger partial charge in [-0.2, -0.15) is 0 Å². The van der Waals surface area contributed by atoms with E-state index in [4.69, 9.17) is 5.11 Å². The zero-order valence-corrected chi connectivity index (χ0v) is 12.0. The summed E-state index contributed by atoms with van der Waals surface area (Å²) in [7, 11) is 2.65. The predicted octanol–water partition coefficient (Wildman–Crippen LogP) is 0.785. The molecule has 0 radical (unpaired) electrons. The Morgan fingerprint density at radius 3 is 2.11 bits per heavy atom. The molecular weight excluding hydrogens is 252 g/mol. The van der Waals surface area contributed by atoms with Crippen LogP contribution in [0.3, 0.4) is 0 Å².